The molecule has 1 saturated heterocycles. The Hall–Kier alpha value is -2.11. The normalized spacial score (nSPS) is 18.7. The molecule has 27 heavy (non-hydrogen) atoms. The average molecular weight is 387 g/mol. The van der Waals surface area contributed by atoms with Crippen molar-refractivity contribution >= 4 is 17.9 Å². The number of piperidine rings is 1. The van der Waals surface area contributed by atoms with Crippen molar-refractivity contribution in [1.82, 2.24) is 15.4 Å². The molecule has 0 spiro atoms. The van der Waals surface area contributed by atoms with E-state index < -0.39 is 0 Å². The van der Waals surface area contributed by atoms with Crippen molar-refractivity contribution in [3.05, 3.63) is 70.0 Å². The third kappa shape index (κ3) is 4.60. The van der Waals surface area contributed by atoms with E-state index in [0.717, 1.165) is 56.0 Å². The SMILES string of the molecule is Fc1cccc(C2CCN(/N=C\NN3CCc4ccc(Cl)cc4C3)CC2)c1. The minimum absolute atomic E-state index is 0.151. The van der Waals surface area contributed by atoms with Crippen LogP contribution in [0.4, 0.5) is 4.39 Å². The molecule has 2 aromatic rings. The van der Waals surface area contributed by atoms with Gasteiger partial charge in [-0.25, -0.2) is 9.40 Å². The standard InChI is InChI=1S/C21H24ClFN4/c22-20-5-4-16-8-11-27(14-19(16)12-20)25-15-24-26-9-6-17(7-10-26)18-2-1-3-21(23)13-18/h1-5,12-13,15,17H,6-11,14H2,(H,24,25). The third-order valence-electron chi connectivity index (χ3n) is 5.43. The molecule has 4 rings (SSSR count). The third-order valence-corrected chi connectivity index (χ3v) is 5.67. The molecule has 142 valence electrons. The Balaban J connectivity index is 1.25. The number of fused-ring (bicyclic) bond motifs is 1. The van der Waals surface area contributed by atoms with Gasteiger partial charge in [0.1, 0.15) is 12.2 Å². The highest BCUT2D eigenvalue weighted by molar-refractivity contribution is 6.30. The van der Waals surface area contributed by atoms with Gasteiger partial charge in [0.05, 0.1) is 0 Å². The van der Waals surface area contributed by atoms with Crippen LogP contribution in [-0.4, -0.2) is 36.0 Å². The quantitative estimate of drug-likeness (QED) is 0.632. The second-order valence-corrected chi connectivity index (χ2v) is 7.68. The fourth-order valence-corrected chi connectivity index (χ4v) is 4.09. The van der Waals surface area contributed by atoms with Crippen molar-refractivity contribution in [2.75, 3.05) is 19.6 Å². The molecule has 1 N–H and O–H groups in total. The Kier molecular flexibility index (Phi) is 5.60. The van der Waals surface area contributed by atoms with Crippen LogP contribution in [0.1, 0.15) is 35.4 Å². The highest BCUT2D eigenvalue weighted by atomic mass is 35.5. The van der Waals surface area contributed by atoms with E-state index >= 15 is 0 Å². The maximum atomic E-state index is 13.4. The number of hydrogen-bond acceptors (Lipinski definition) is 3. The first-order valence-electron chi connectivity index (χ1n) is 9.49. The molecule has 6 heteroatoms. The van der Waals surface area contributed by atoms with E-state index in [1.165, 1.54) is 17.2 Å². The van der Waals surface area contributed by atoms with E-state index in [2.05, 4.69) is 26.6 Å². The van der Waals surface area contributed by atoms with E-state index in [0.29, 0.717) is 5.92 Å². The predicted molar refractivity (Wildman–Crippen MR) is 107 cm³/mol. The summed E-state index contributed by atoms with van der Waals surface area (Å²) in [6.07, 6.45) is 4.77. The molecule has 2 heterocycles. The van der Waals surface area contributed by atoms with Crippen LogP contribution in [0.15, 0.2) is 47.6 Å². The van der Waals surface area contributed by atoms with Gasteiger partial charge in [0.25, 0.3) is 0 Å². The lowest BCUT2D eigenvalue weighted by Gasteiger charge is -2.31. The zero-order valence-electron chi connectivity index (χ0n) is 15.2. The van der Waals surface area contributed by atoms with E-state index in [9.17, 15) is 4.39 Å². The van der Waals surface area contributed by atoms with Gasteiger partial charge in [-0.15, -0.1) is 0 Å². The van der Waals surface area contributed by atoms with Crippen LogP contribution in [0.25, 0.3) is 0 Å². The highest BCUT2D eigenvalue weighted by Crippen LogP contribution is 2.28. The van der Waals surface area contributed by atoms with Crippen molar-refractivity contribution in [1.29, 1.82) is 0 Å². The summed E-state index contributed by atoms with van der Waals surface area (Å²) in [5, 5.41) is 9.57. The van der Waals surface area contributed by atoms with Crippen LogP contribution < -0.4 is 5.43 Å². The Morgan fingerprint density at radius 1 is 1.07 bits per heavy atom. The van der Waals surface area contributed by atoms with Crippen molar-refractivity contribution in [3.63, 3.8) is 0 Å². The van der Waals surface area contributed by atoms with E-state index in [4.69, 9.17) is 11.6 Å². The molecule has 2 aromatic carbocycles. The second-order valence-electron chi connectivity index (χ2n) is 7.24. The van der Waals surface area contributed by atoms with Crippen molar-refractivity contribution in [2.45, 2.75) is 31.7 Å². The summed E-state index contributed by atoms with van der Waals surface area (Å²) in [5.74, 6) is 0.269. The van der Waals surface area contributed by atoms with Crippen LogP contribution in [0.2, 0.25) is 5.02 Å². The van der Waals surface area contributed by atoms with Crippen LogP contribution in [0.3, 0.4) is 0 Å². The molecule has 0 unspecified atom stereocenters. The first-order valence-corrected chi connectivity index (χ1v) is 9.86. The van der Waals surface area contributed by atoms with Gasteiger partial charge in [0, 0.05) is 31.2 Å². The van der Waals surface area contributed by atoms with Crippen LogP contribution in [-0.2, 0) is 13.0 Å². The summed E-state index contributed by atoms with van der Waals surface area (Å²) in [6.45, 7) is 3.54. The molecule has 0 aliphatic carbocycles. The molecule has 0 amide bonds. The number of rotatable bonds is 4. The molecule has 0 atom stereocenters. The number of hydrogen-bond donors (Lipinski definition) is 1. The number of nitrogens with one attached hydrogen (secondary N) is 1. The lowest BCUT2D eigenvalue weighted by molar-refractivity contribution is 0.203. The molecule has 0 aromatic heterocycles. The molecule has 2 aliphatic rings. The van der Waals surface area contributed by atoms with Gasteiger partial charge in [0.2, 0.25) is 0 Å². The molecule has 0 bridgehead atoms. The summed E-state index contributed by atoms with van der Waals surface area (Å²) >= 11 is 6.10. The molecule has 4 nitrogen and oxygen atoms in total. The molecular weight excluding hydrogens is 363 g/mol. The Labute approximate surface area is 164 Å². The van der Waals surface area contributed by atoms with Gasteiger partial charge in [-0.05, 0) is 66.1 Å². The van der Waals surface area contributed by atoms with Crippen molar-refractivity contribution in [3.8, 4) is 0 Å². The summed E-state index contributed by atoms with van der Waals surface area (Å²) < 4.78 is 13.4. The van der Waals surface area contributed by atoms with E-state index in [-0.39, 0.29) is 5.82 Å². The van der Waals surface area contributed by atoms with Gasteiger partial charge in [0.15, 0.2) is 0 Å². The highest BCUT2D eigenvalue weighted by Gasteiger charge is 2.20. The molecule has 2 aliphatic heterocycles. The van der Waals surface area contributed by atoms with Crippen molar-refractivity contribution < 1.29 is 4.39 Å². The largest absolute Gasteiger partial charge is 0.307 e. The molecule has 0 saturated carbocycles. The summed E-state index contributed by atoms with van der Waals surface area (Å²) in [5.41, 5.74) is 7.02. The van der Waals surface area contributed by atoms with Crippen LogP contribution in [0.5, 0.6) is 0 Å². The monoisotopic (exact) mass is 386 g/mol. The smallest absolute Gasteiger partial charge is 0.123 e. The van der Waals surface area contributed by atoms with E-state index in [1.807, 2.05) is 18.2 Å². The van der Waals surface area contributed by atoms with Crippen LogP contribution >= 0.6 is 11.6 Å². The number of hydrazone groups is 1. The van der Waals surface area contributed by atoms with Crippen LogP contribution in [0, 0.1) is 5.82 Å². The summed E-state index contributed by atoms with van der Waals surface area (Å²) in [7, 11) is 0. The van der Waals surface area contributed by atoms with E-state index in [1.54, 1.807) is 18.5 Å². The number of halogens is 2. The first-order chi connectivity index (χ1) is 13.2. The Bertz CT molecular complexity index is 818. The molecule has 1 fully saturated rings. The van der Waals surface area contributed by atoms with Gasteiger partial charge in [-0.3, -0.25) is 5.01 Å². The Morgan fingerprint density at radius 3 is 2.74 bits per heavy atom. The second kappa shape index (κ2) is 8.28. The lowest BCUT2D eigenvalue weighted by Crippen LogP contribution is -2.41. The Morgan fingerprint density at radius 2 is 1.93 bits per heavy atom. The minimum atomic E-state index is -0.151. The average Bonchev–Trinajstić information content (AvgIpc) is 2.68. The fourth-order valence-electron chi connectivity index (χ4n) is 3.90. The van der Waals surface area contributed by atoms with Gasteiger partial charge in [-0.1, -0.05) is 29.8 Å². The molecular formula is C21H24ClFN4. The van der Waals surface area contributed by atoms with Crippen molar-refractivity contribution in [2.24, 2.45) is 5.10 Å². The summed E-state index contributed by atoms with van der Waals surface area (Å²) in [6, 6.07) is 13.1. The zero-order valence-corrected chi connectivity index (χ0v) is 16.0. The maximum absolute atomic E-state index is 13.4. The van der Waals surface area contributed by atoms with Gasteiger partial charge < -0.3 is 5.43 Å². The molecule has 0 radical (unpaired) electrons. The van der Waals surface area contributed by atoms with Gasteiger partial charge in [-0.2, -0.15) is 5.10 Å². The lowest BCUT2D eigenvalue weighted by atomic mass is 9.90. The predicted octanol–water partition coefficient (Wildman–Crippen LogP) is 4.16. The number of benzene rings is 2. The topological polar surface area (TPSA) is 30.9 Å². The summed E-state index contributed by atoms with van der Waals surface area (Å²) in [4.78, 5) is 0. The zero-order chi connectivity index (χ0) is 18.6. The number of hydrazine groups is 1. The number of nitrogens with zero attached hydrogens (tertiary/aromatic N) is 3. The van der Waals surface area contributed by atoms with Gasteiger partial charge >= 0.3 is 0 Å². The minimum Gasteiger partial charge on any atom is -0.307 e. The first kappa shape index (κ1) is 18.3. The maximum Gasteiger partial charge on any atom is 0.123 e. The fraction of sp³-hybridized carbons (Fsp3) is 0.381.